The summed E-state index contributed by atoms with van der Waals surface area (Å²) in [6, 6.07) is 13.3. The Labute approximate surface area is 154 Å². The first-order chi connectivity index (χ1) is 12.6. The number of benzene rings is 1. The fraction of sp³-hybridized carbons (Fsp3) is 0.158. The van der Waals surface area contributed by atoms with Gasteiger partial charge in [-0.25, -0.2) is 4.98 Å². The highest BCUT2D eigenvalue weighted by atomic mass is 32.1. The molecule has 4 rings (SSSR count). The van der Waals surface area contributed by atoms with Gasteiger partial charge in [0.05, 0.1) is 11.1 Å². The van der Waals surface area contributed by atoms with Crippen molar-refractivity contribution in [1.82, 2.24) is 19.7 Å². The Morgan fingerprint density at radius 2 is 1.96 bits per heavy atom. The Kier molecular flexibility index (Phi) is 4.22. The van der Waals surface area contributed by atoms with Gasteiger partial charge in [0.15, 0.2) is 11.3 Å². The standard InChI is InChI=1S/C19H17N5OS/c1-12(2)24-11-20-23-19(24)14-6-4-8-17(22-14)21-13-5-3-7-16-18(13)15(25)9-10-26-16/h3-12H,1-2H3,(H,21,22). The molecule has 3 aromatic heterocycles. The molecule has 0 unspecified atom stereocenters. The van der Waals surface area contributed by atoms with Crippen LogP contribution in [0.5, 0.6) is 0 Å². The molecule has 6 nitrogen and oxygen atoms in total. The second kappa shape index (κ2) is 6.68. The fourth-order valence-corrected chi connectivity index (χ4v) is 3.63. The van der Waals surface area contributed by atoms with E-state index >= 15 is 0 Å². The maximum absolute atomic E-state index is 12.3. The van der Waals surface area contributed by atoms with E-state index in [-0.39, 0.29) is 11.5 Å². The van der Waals surface area contributed by atoms with Gasteiger partial charge in [-0.15, -0.1) is 21.5 Å². The molecule has 0 fully saturated rings. The summed E-state index contributed by atoms with van der Waals surface area (Å²) in [7, 11) is 0. The minimum Gasteiger partial charge on any atom is -0.340 e. The first kappa shape index (κ1) is 16.4. The van der Waals surface area contributed by atoms with E-state index in [0.717, 1.165) is 16.1 Å². The number of aromatic nitrogens is 4. The lowest BCUT2D eigenvalue weighted by Crippen LogP contribution is -2.05. The normalized spacial score (nSPS) is 11.2. The average molecular weight is 363 g/mol. The molecule has 0 bridgehead atoms. The summed E-state index contributed by atoms with van der Waals surface area (Å²) in [5, 5.41) is 14.0. The van der Waals surface area contributed by atoms with E-state index in [0.29, 0.717) is 17.0 Å². The largest absolute Gasteiger partial charge is 0.340 e. The Morgan fingerprint density at radius 1 is 1.12 bits per heavy atom. The second-order valence-electron chi connectivity index (χ2n) is 6.15. The summed E-state index contributed by atoms with van der Waals surface area (Å²) in [6.07, 6.45) is 1.71. The number of pyridine rings is 1. The topological polar surface area (TPSA) is 72.7 Å². The highest BCUT2D eigenvalue weighted by Crippen LogP contribution is 2.26. The van der Waals surface area contributed by atoms with Crippen molar-refractivity contribution >= 4 is 32.9 Å². The van der Waals surface area contributed by atoms with Crippen molar-refractivity contribution < 1.29 is 0 Å². The predicted octanol–water partition coefficient (Wildman–Crippen LogP) is 4.24. The van der Waals surface area contributed by atoms with Crippen molar-refractivity contribution in [2.24, 2.45) is 0 Å². The highest BCUT2D eigenvalue weighted by molar-refractivity contribution is 7.16. The molecule has 0 saturated carbocycles. The van der Waals surface area contributed by atoms with Gasteiger partial charge in [0.25, 0.3) is 0 Å². The summed E-state index contributed by atoms with van der Waals surface area (Å²) in [4.78, 5) is 16.9. The Hall–Kier alpha value is -3.06. The number of rotatable bonds is 4. The van der Waals surface area contributed by atoms with Crippen molar-refractivity contribution in [3.05, 3.63) is 64.4 Å². The predicted molar refractivity (Wildman–Crippen MR) is 105 cm³/mol. The summed E-state index contributed by atoms with van der Waals surface area (Å²) in [5.74, 6) is 1.37. The van der Waals surface area contributed by atoms with Crippen LogP contribution in [0.25, 0.3) is 21.6 Å². The molecule has 7 heteroatoms. The van der Waals surface area contributed by atoms with E-state index in [2.05, 4.69) is 34.3 Å². The molecule has 0 atom stereocenters. The van der Waals surface area contributed by atoms with E-state index in [9.17, 15) is 4.79 Å². The van der Waals surface area contributed by atoms with Crippen LogP contribution in [-0.2, 0) is 0 Å². The molecule has 0 saturated heterocycles. The molecule has 0 spiro atoms. The number of nitrogens with one attached hydrogen (secondary N) is 1. The molecule has 0 aliphatic heterocycles. The van der Waals surface area contributed by atoms with Gasteiger partial charge in [-0.2, -0.15) is 0 Å². The van der Waals surface area contributed by atoms with E-state index in [1.54, 1.807) is 23.7 Å². The van der Waals surface area contributed by atoms with Gasteiger partial charge in [-0.1, -0.05) is 12.1 Å². The minimum atomic E-state index is -0.00226. The maximum atomic E-state index is 12.3. The lowest BCUT2D eigenvalue weighted by Gasteiger charge is -2.11. The molecule has 4 aromatic rings. The van der Waals surface area contributed by atoms with Gasteiger partial charge < -0.3 is 9.88 Å². The van der Waals surface area contributed by atoms with E-state index in [1.165, 1.54) is 0 Å². The summed E-state index contributed by atoms with van der Waals surface area (Å²) in [6.45, 7) is 4.14. The summed E-state index contributed by atoms with van der Waals surface area (Å²) < 4.78 is 2.92. The van der Waals surface area contributed by atoms with Crippen LogP contribution in [0.4, 0.5) is 11.5 Å². The van der Waals surface area contributed by atoms with Crippen LogP contribution >= 0.6 is 11.3 Å². The summed E-state index contributed by atoms with van der Waals surface area (Å²) in [5.41, 5.74) is 1.48. The van der Waals surface area contributed by atoms with Gasteiger partial charge in [0.2, 0.25) is 0 Å². The van der Waals surface area contributed by atoms with Crippen LogP contribution in [0.2, 0.25) is 0 Å². The van der Waals surface area contributed by atoms with E-state index < -0.39 is 0 Å². The van der Waals surface area contributed by atoms with Gasteiger partial charge >= 0.3 is 0 Å². The third-order valence-electron chi connectivity index (χ3n) is 4.06. The monoisotopic (exact) mass is 363 g/mol. The molecular weight excluding hydrogens is 346 g/mol. The van der Waals surface area contributed by atoms with Gasteiger partial charge in [0, 0.05) is 10.7 Å². The van der Waals surface area contributed by atoms with Crippen LogP contribution in [-0.4, -0.2) is 19.7 Å². The molecule has 26 heavy (non-hydrogen) atoms. The molecule has 3 heterocycles. The van der Waals surface area contributed by atoms with Crippen molar-refractivity contribution in [3.63, 3.8) is 0 Å². The fourth-order valence-electron chi connectivity index (χ4n) is 2.81. The number of hydrogen-bond donors (Lipinski definition) is 1. The number of hydrogen-bond acceptors (Lipinski definition) is 6. The smallest absolute Gasteiger partial charge is 0.190 e. The van der Waals surface area contributed by atoms with E-state index in [1.807, 2.05) is 46.3 Å². The zero-order valence-corrected chi connectivity index (χ0v) is 15.2. The first-order valence-electron chi connectivity index (χ1n) is 8.28. The summed E-state index contributed by atoms with van der Waals surface area (Å²) >= 11 is 1.54. The zero-order valence-electron chi connectivity index (χ0n) is 14.4. The highest BCUT2D eigenvalue weighted by Gasteiger charge is 2.12. The van der Waals surface area contributed by atoms with Crippen LogP contribution in [0.15, 0.2) is 59.0 Å². The molecular formula is C19H17N5OS. The quantitative estimate of drug-likeness (QED) is 0.587. The molecule has 130 valence electrons. The van der Waals surface area contributed by atoms with Crippen molar-refractivity contribution in [2.45, 2.75) is 19.9 Å². The van der Waals surface area contributed by atoms with Crippen molar-refractivity contribution in [3.8, 4) is 11.5 Å². The van der Waals surface area contributed by atoms with Crippen molar-refractivity contribution in [1.29, 1.82) is 0 Å². The molecule has 0 aliphatic rings. The number of nitrogens with zero attached hydrogens (tertiary/aromatic N) is 4. The molecule has 1 N–H and O–H groups in total. The van der Waals surface area contributed by atoms with E-state index in [4.69, 9.17) is 0 Å². The molecule has 1 aromatic carbocycles. The zero-order chi connectivity index (χ0) is 18.1. The van der Waals surface area contributed by atoms with Gasteiger partial charge in [-0.05, 0) is 49.6 Å². The van der Waals surface area contributed by atoms with Crippen LogP contribution < -0.4 is 10.7 Å². The third kappa shape index (κ3) is 2.97. The average Bonchev–Trinajstić information content (AvgIpc) is 3.12. The van der Waals surface area contributed by atoms with Crippen LogP contribution in [0.3, 0.4) is 0 Å². The number of fused-ring (bicyclic) bond motifs is 1. The Balaban J connectivity index is 1.75. The third-order valence-corrected chi connectivity index (χ3v) is 4.92. The SMILES string of the molecule is CC(C)n1cnnc1-c1cccc(Nc2cccc3sccc(=O)c23)n1. The lowest BCUT2D eigenvalue weighted by molar-refractivity contribution is 0.603. The number of anilines is 2. The van der Waals surface area contributed by atoms with Crippen molar-refractivity contribution in [2.75, 3.05) is 5.32 Å². The van der Waals surface area contributed by atoms with Gasteiger partial charge in [-0.3, -0.25) is 4.79 Å². The second-order valence-corrected chi connectivity index (χ2v) is 7.10. The Bertz CT molecular complexity index is 1130. The van der Waals surface area contributed by atoms with Gasteiger partial charge in [0.1, 0.15) is 17.8 Å². The molecule has 0 amide bonds. The lowest BCUT2D eigenvalue weighted by atomic mass is 10.2. The van der Waals surface area contributed by atoms with Crippen LogP contribution in [0, 0.1) is 0 Å². The maximum Gasteiger partial charge on any atom is 0.190 e. The Morgan fingerprint density at radius 3 is 2.81 bits per heavy atom. The van der Waals surface area contributed by atoms with Crippen LogP contribution in [0.1, 0.15) is 19.9 Å². The molecule has 0 radical (unpaired) electrons. The molecule has 0 aliphatic carbocycles. The minimum absolute atomic E-state index is 0.00226. The first-order valence-corrected chi connectivity index (χ1v) is 9.16.